The Morgan fingerprint density at radius 2 is 1.94 bits per heavy atom. The monoisotopic (exact) mass is 217 g/mol. The number of benzene rings is 1. The van der Waals surface area contributed by atoms with Crippen molar-refractivity contribution in [2.75, 3.05) is 0 Å². The maximum Gasteiger partial charge on any atom is 0.0709 e. The SMILES string of the molecule is CCCCCc1nncc2ccccc12.N. The van der Waals surface area contributed by atoms with E-state index in [-0.39, 0.29) is 6.15 Å². The van der Waals surface area contributed by atoms with Gasteiger partial charge in [0.05, 0.1) is 11.9 Å². The van der Waals surface area contributed by atoms with Crippen molar-refractivity contribution in [3.8, 4) is 0 Å². The van der Waals surface area contributed by atoms with E-state index in [0.29, 0.717) is 0 Å². The quantitative estimate of drug-likeness (QED) is 0.797. The maximum absolute atomic E-state index is 4.23. The predicted molar refractivity (Wildman–Crippen MR) is 67.8 cm³/mol. The van der Waals surface area contributed by atoms with Gasteiger partial charge < -0.3 is 6.15 Å². The fraction of sp³-hybridized carbons (Fsp3) is 0.385. The molecule has 1 aromatic heterocycles. The van der Waals surface area contributed by atoms with Gasteiger partial charge in [-0.3, -0.25) is 0 Å². The summed E-state index contributed by atoms with van der Waals surface area (Å²) in [7, 11) is 0. The van der Waals surface area contributed by atoms with E-state index in [2.05, 4.69) is 35.3 Å². The van der Waals surface area contributed by atoms with Crippen LogP contribution in [0.1, 0.15) is 31.9 Å². The molecule has 0 spiro atoms. The third-order valence-corrected chi connectivity index (χ3v) is 2.66. The second-order valence-electron chi connectivity index (χ2n) is 3.84. The minimum atomic E-state index is 0. The summed E-state index contributed by atoms with van der Waals surface area (Å²) in [4.78, 5) is 0. The number of fused-ring (bicyclic) bond motifs is 1. The van der Waals surface area contributed by atoms with Gasteiger partial charge in [0.15, 0.2) is 0 Å². The molecule has 0 amide bonds. The smallest absolute Gasteiger partial charge is 0.0709 e. The molecule has 0 saturated carbocycles. The molecule has 3 N–H and O–H groups in total. The van der Waals surface area contributed by atoms with Crippen LogP contribution in [0.5, 0.6) is 0 Å². The Balaban J connectivity index is 0.00000128. The molecule has 3 heteroatoms. The van der Waals surface area contributed by atoms with Crippen LogP contribution in [0.15, 0.2) is 30.5 Å². The van der Waals surface area contributed by atoms with Gasteiger partial charge in [0, 0.05) is 10.8 Å². The normalized spacial score (nSPS) is 10.1. The van der Waals surface area contributed by atoms with Crippen molar-refractivity contribution in [3.63, 3.8) is 0 Å². The first-order chi connectivity index (χ1) is 7.42. The number of nitrogens with zero attached hydrogens (tertiary/aromatic N) is 2. The van der Waals surface area contributed by atoms with Gasteiger partial charge in [-0.25, -0.2) is 0 Å². The Morgan fingerprint density at radius 1 is 1.12 bits per heavy atom. The number of rotatable bonds is 4. The molecule has 0 aliphatic heterocycles. The summed E-state index contributed by atoms with van der Waals surface area (Å²) in [6, 6.07) is 8.33. The van der Waals surface area contributed by atoms with Gasteiger partial charge in [-0.2, -0.15) is 10.2 Å². The fourth-order valence-corrected chi connectivity index (χ4v) is 1.81. The third kappa shape index (κ3) is 2.76. The average Bonchev–Trinajstić information content (AvgIpc) is 2.30. The minimum absolute atomic E-state index is 0. The Hall–Kier alpha value is -1.48. The lowest BCUT2D eigenvalue weighted by molar-refractivity contribution is 0.703. The van der Waals surface area contributed by atoms with E-state index in [9.17, 15) is 0 Å². The van der Waals surface area contributed by atoms with Crippen molar-refractivity contribution in [2.24, 2.45) is 0 Å². The summed E-state index contributed by atoms with van der Waals surface area (Å²) in [6.45, 7) is 2.22. The highest BCUT2D eigenvalue weighted by Crippen LogP contribution is 2.16. The zero-order chi connectivity index (χ0) is 10.5. The van der Waals surface area contributed by atoms with Crippen LogP contribution >= 0.6 is 0 Å². The van der Waals surface area contributed by atoms with Crippen LogP contribution in [-0.4, -0.2) is 10.2 Å². The van der Waals surface area contributed by atoms with Crippen LogP contribution in [0.25, 0.3) is 10.8 Å². The third-order valence-electron chi connectivity index (χ3n) is 2.66. The molecule has 0 bridgehead atoms. The van der Waals surface area contributed by atoms with E-state index in [0.717, 1.165) is 12.1 Å². The summed E-state index contributed by atoms with van der Waals surface area (Å²) in [5, 5.41) is 10.7. The lowest BCUT2D eigenvalue weighted by atomic mass is 10.1. The molecular formula is C13H19N3. The molecule has 0 atom stereocenters. The lowest BCUT2D eigenvalue weighted by Gasteiger charge is -2.03. The standard InChI is InChI=1S/C13H16N2.H3N/c1-2-3-4-9-13-12-8-6-5-7-11(12)10-14-15-13;/h5-8,10H,2-4,9H2,1H3;1H3. The van der Waals surface area contributed by atoms with Crippen molar-refractivity contribution in [1.29, 1.82) is 0 Å². The van der Waals surface area contributed by atoms with E-state index in [4.69, 9.17) is 0 Å². The molecule has 0 radical (unpaired) electrons. The van der Waals surface area contributed by atoms with E-state index in [1.54, 1.807) is 0 Å². The molecule has 0 aliphatic rings. The second-order valence-corrected chi connectivity index (χ2v) is 3.84. The molecule has 0 fully saturated rings. The largest absolute Gasteiger partial charge is 0.344 e. The van der Waals surface area contributed by atoms with Crippen molar-refractivity contribution in [1.82, 2.24) is 16.3 Å². The second kappa shape index (κ2) is 6.18. The molecule has 0 saturated heterocycles. The van der Waals surface area contributed by atoms with Crippen molar-refractivity contribution in [2.45, 2.75) is 32.6 Å². The zero-order valence-corrected chi connectivity index (χ0v) is 9.82. The molecule has 86 valence electrons. The summed E-state index contributed by atoms with van der Waals surface area (Å²) < 4.78 is 0. The molecule has 0 unspecified atom stereocenters. The van der Waals surface area contributed by atoms with Gasteiger partial charge in [-0.15, -0.1) is 0 Å². The van der Waals surface area contributed by atoms with Crippen molar-refractivity contribution in [3.05, 3.63) is 36.2 Å². The van der Waals surface area contributed by atoms with Crippen LogP contribution in [-0.2, 0) is 6.42 Å². The maximum atomic E-state index is 4.23. The van der Waals surface area contributed by atoms with Gasteiger partial charge in [0.25, 0.3) is 0 Å². The van der Waals surface area contributed by atoms with Crippen LogP contribution < -0.4 is 6.15 Å². The molecule has 16 heavy (non-hydrogen) atoms. The number of aryl methyl sites for hydroxylation is 1. The molecule has 3 nitrogen and oxygen atoms in total. The molecule has 2 rings (SSSR count). The van der Waals surface area contributed by atoms with E-state index < -0.39 is 0 Å². The Kier molecular flexibility index (Phi) is 4.86. The topological polar surface area (TPSA) is 60.8 Å². The van der Waals surface area contributed by atoms with E-state index >= 15 is 0 Å². The highest BCUT2D eigenvalue weighted by Gasteiger charge is 2.01. The minimum Gasteiger partial charge on any atom is -0.344 e. The van der Waals surface area contributed by atoms with Crippen LogP contribution in [0.3, 0.4) is 0 Å². The van der Waals surface area contributed by atoms with Crippen molar-refractivity contribution < 1.29 is 0 Å². The molecular weight excluding hydrogens is 198 g/mol. The van der Waals surface area contributed by atoms with Gasteiger partial charge in [-0.1, -0.05) is 44.0 Å². The number of unbranched alkanes of at least 4 members (excludes halogenated alkanes) is 2. The van der Waals surface area contributed by atoms with Gasteiger partial charge >= 0.3 is 0 Å². The van der Waals surface area contributed by atoms with Gasteiger partial charge in [0.1, 0.15) is 0 Å². The fourth-order valence-electron chi connectivity index (χ4n) is 1.81. The van der Waals surface area contributed by atoms with E-state index in [1.807, 2.05) is 12.3 Å². The zero-order valence-electron chi connectivity index (χ0n) is 9.82. The molecule has 1 heterocycles. The highest BCUT2D eigenvalue weighted by atomic mass is 15.1. The van der Waals surface area contributed by atoms with Crippen LogP contribution in [0, 0.1) is 0 Å². The van der Waals surface area contributed by atoms with Crippen LogP contribution in [0.4, 0.5) is 0 Å². The Morgan fingerprint density at radius 3 is 2.75 bits per heavy atom. The predicted octanol–water partition coefficient (Wildman–Crippen LogP) is 3.52. The van der Waals surface area contributed by atoms with Gasteiger partial charge in [-0.05, 0) is 12.8 Å². The molecule has 0 aliphatic carbocycles. The first-order valence-electron chi connectivity index (χ1n) is 5.61. The Bertz CT molecular complexity index is 435. The molecule has 1 aromatic carbocycles. The number of aromatic nitrogens is 2. The summed E-state index contributed by atoms with van der Waals surface area (Å²) in [5.74, 6) is 0. The summed E-state index contributed by atoms with van der Waals surface area (Å²) in [6.07, 6.45) is 6.60. The number of hydrogen-bond donors (Lipinski definition) is 1. The van der Waals surface area contributed by atoms with Gasteiger partial charge in [0.2, 0.25) is 0 Å². The highest BCUT2D eigenvalue weighted by molar-refractivity contribution is 5.83. The van der Waals surface area contributed by atoms with E-state index in [1.165, 1.54) is 30.0 Å². The van der Waals surface area contributed by atoms with Crippen molar-refractivity contribution >= 4 is 10.8 Å². The lowest BCUT2D eigenvalue weighted by Crippen LogP contribution is -1.94. The molecule has 2 aromatic rings. The summed E-state index contributed by atoms with van der Waals surface area (Å²) in [5.41, 5.74) is 1.14. The first kappa shape index (κ1) is 12.6. The summed E-state index contributed by atoms with van der Waals surface area (Å²) >= 11 is 0. The average molecular weight is 217 g/mol. The van der Waals surface area contributed by atoms with Crippen LogP contribution in [0.2, 0.25) is 0 Å². The first-order valence-corrected chi connectivity index (χ1v) is 5.61. The Labute approximate surface area is 96.5 Å². The number of hydrogen-bond acceptors (Lipinski definition) is 3.